The van der Waals surface area contributed by atoms with Crippen LogP contribution in [0.15, 0.2) is 54.6 Å². The molecule has 0 aliphatic rings. The average Bonchev–Trinajstić information content (AvgIpc) is 3.17. The van der Waals surface area contributed by atoms with Gasteiger partial charge in [0.1, 0.15) is 11.0 Å². The Morgan fingerprint density at radius 1 is 1.11 bits per heavy atom. The molecular weight excluding hydrogens is 382 g/mol. The van der Waals surface area contributed by atoms with E-state index in [1.807, 2.05) is 30.3 Å². The van der Waals surface area contributed by atoms with Gasteiger partial charge in [0.2, 0.25) is 11.0 Å². The minimum absolute atomic E-state index is 0.0936. The van der Waals surface area contributed by atoms with E-state index in [1.54, 1.807) is 0 Å². The molecule has 0 fully saturated rings. The van der Waals surface area contributed by atoms with Crippen molar-refractivity contribution in [2.24, 2.45) is 0 Å². The number of carbonyl (C=O) groups is 2. The smallest absolute Gasteiger partial charge is 0.270 e. The van der Waals surface area contributed by atoms with E-state index < -0.39 is 22.8 Å². The maximum atomic E-state index is 12.3. The van der Waals surface area contributed by atoms with Crippen molar-refractivity contribution in [2.75, 3.05) is 5.32 Å². The molecule has 1 atom stereocenters. The van der Waals surface area contributed by atoms with Crippen molar-refractivity contribution in [1.29, 1.82) is 0 Å². The van der Waals surface area contributed by atoms with Crippen LogP contribution in [-0.2, 0) is 4.79 Å². The van der Waals surface area contributed by atoms with Gasteiger partial charge in [0.15, 0.2) is 0 Å². The van der Waals surface area contributed by atoms with Crippen LogP contribution in [0.5, 0.6) is 0 Å². The molecule has 2 aromatic carbocycles. The zero-order valence-electron chi connectivity index (χ0n) is 14.7. The summed E-state index contributed by atoms with van der Waals surface area (Å²) in [6, 6.07) is 13.8. The number of hydrogen-bond donors (Lipinski definition) is 2. The second-order valence-electron chi connectivity index (χ2n) is 5.77. The maximum Gasteiger partial charge on any atom is 0.270 e. The lowest BCUT2D eigenvalue weighted by Gasteiger charge is -2.12. The third-order valence-electron chi connectivity index (χ3n) is 3.74. The Kier molecular flexibility index (Phi) is 5.70. The SMILES string of the molecule is CC(NC(=O)c1cccc([N+](=O)[O-])c1)C(=O)Nc1nnc(-c2ccccc2)s1. The molecule has 1 unspecified atom stereocenters. The quantitative estimate of drug-likeness (QED) is 0.486. The van der Waals surface area contributed by atoms with E-state index in [9.17, 15) is 19.7 Å². The number of nitrogens with one attached hydrogen (secondary N) is 2. The zero-order chi connectivity index (χ0) is 20.1. The summed E-state index contributed by atoms with van der Waals surface area (Å²) in [7, 11) is 0. The fraction of sp³-hybridized carbons (Fsp3) is 0.111. The maximum absolute atomic E-state index is 12.3. The molecule has 2 N–H and O–H groups in total. The van der Waals surface area contributed by atoms with Gasteiger partial charge in [-0.2, -0.15) is 0 Å². The summed E-state index contributed by atoms with van der Waals surface area (Å²) in [5.74, 6) is -1.07. The number of nitro groups is 1. The largest absolute Gasteiger partial charge is 0.341 e. The fourth-order valence-electron chi connectivity index (χ4n) is 2.29. The fourth-order valence-corrected chi connectivity index (χ4v) is 3.04. The first-order chi connectivity index (χ1) is 13.4. The van der Waals surface area contributed by atoms with Crippen LogP contribution in [0.3, 0.4) is 0 Å². The summed E-state index contributed by atoms with van der Waals surface area (Å²) in [4.78, 5) is 34.8. The minimum atomic E-state index is -0.879. The van der Waals surface area contributed by atoms with Crippen LogP contribution >= 0.6 is 11.3 Å². The number of hydrogen-bond acceptors (Lipinski definition) is 7. The molecule has 28 heavy (non-hydrogen) atoms. The highest BCUT2D eigenvalue weighted by Gasteiger charge is 2.19. The highest BCUT2D eigenvalue weighted by atomic mass is 32.1. The standard InChI is InChI=1S/C18H15N5O4S/c1-11(19-16(25)13-8-5-9-14(10-13)23(26)27)15(24)20-18-22-21-17(28-18)12-6-3-2-4-7-12/h2-11H,1H3,(H,19,25)(H,20,22,24). The van der Waals surface area contributed by atoms with Gasteiger partial charge in [-0.05, 0) is 13.0 Å². The summed E-state index contributed by atoms with van der Waals surface area (Å²) in [5.41, 5.74) is 0.774. The zero-order valence-corrected chi connectivity index (χ0v) is 15.5. The van der Waals surface area contributed by atoms with Gasteiger partial charge in [-0.15, -0.1) is 10.2 Å². The monoisotopic (exact) mass is 397 g/mol. The Labute approximate surface area is 163 Å². The van der Waals surface area contributed by atoms with Crippen LogP contribution in [0.4, 0.5) is 10.8 Å². The average molecular weight is 397 g/mol. The molecule has 0 spiro atoms. The number of anilines is 1. The van der Waals surface area contributed by atoms with Crippen LogP contribution < -0.4 is 10.6 Å². The van der Waals surface area contributed by atoms with E-state index in [-0.39, 0.29) is 11.3 Å². The predicted octanol–water partition coefficient (Wildman–Crippen LogP) is 2.87. The third-order valence-corrected chi connectivity index (χ3v) is 4.62. The van der Waals surface area contributed by atoms with Crippen LogP contribution in [-0.4, -0.2) is 33.0 Å². The van der Waals surface area contributed by atoms with Crippen LogP contribution in [0.2, 0.25) is 0 Å². The van der Waals surface area contributed by atoms with E-state index in [1.165, 1.54) is 36.5 Å². The van der Waals surface area contributed by atoms with Crippen molar-refractivity contribution in [2.45, 2.75) is 13.0 Å². The molecule has 0 bridgehead atoms. The van der Waals surface area contributed by atoms with Crippen molar-refractivity contribution in [3.8, 4) is 10.6 Å². The Balaban J connectivity index is 1.62. The lowest BCUT2D eigenvalue weighted by molar-refractivity contribution is -0.384. The first-order valence-electron chi connectivity index (χ1n) is 8.19. The van der Waals surface area contributed by atoms with Crippen LogP contribution in [0.1, 0.15) is 17.3 Å². The number of carbonyl (C=O) groups excluding carboxylic acids is 2. The summed E-state index contributed by atoms with van der Waals surface area (Å²) in [6.07, 6.45) is 0. The molecule has 1 aromatic heterocycles. The van der Waals surface area contributed by atoms with Gasteiger partial charge >= 0.3 is 0 Å². The first-order valence-corrected chi connectivity index (χ1v) is 9.01. The van der Waals surface area contributed by atoms with E-state index in [0.29, 0.717) is 10.1 Å². The molecule has 3 rings (SSSR count). The number of amides is 2. The molecule has 0 aliphatic heterocycles. The first kappa shape index (κ1) is 19.1. The normalized spacial score (nSPS) is 11.5. The molecule has 10 heteroatoms. The summed E-state index contributed by atoms with van der Waals surface area (Å²) in [5, 5.41) is 24.8. The molecular formula is C18H15N5O4S. The molecule has 142 valence electrons. The van der Waals surface area contributed by atoms with Crippen molar-refractivity contribution in [3.05, 3.63) is 70.3 Å². The summed E-state index contributed by atoms with van der Waals surface area (Å²) in [6.45, 7) is 1.50. The predicted molar refractivity (Wildman–Crippen MR) is 104 cm³/mol. The number of aromatic nitrogens is 2. The lowest BCUT2D eigenvalue weighted by atomic mass is 10.1. The van der Waals surface area contributed by atoms with Crippen LogP contribution in [0, 0.1) is 10.1 Å². The van der Waals surface area contributed by atoms with Crippen molar-refractivity contribution >= 4 is 34.0 Å². The van der Waals surface area contributed by atoms with Crippen molar-refractivity contribution in [3.63, 3.8) is 0 Å². The molecule has 2 amide bonds. The van der Waals surface area contributed by atoms with Gasteiger partial charge in [-0.3, -0.25) is 25.0 Å². The number of benzene rings is 2. The molecule has 0 saturated carbocycles. The molecule has 1 heterocycles. The number of rotatable bonds is 6. The summed E-state index contributed by atoms with van der Waals surface area (Å²) < 4.78 is 0. The highest BCUT2D eigenvalue weighted by molar-refractivity contribution is 7.18. The van der Waals surface area contributed by atoms with E-state index in [2.05, 4.69) is 20.8 Å². The highest BCUT2D eigenvalue weighted by Crippen LogP contribution is 2.25. The molecule has 0 saturated heterocycles. The Morgan fingerprint density at radius 2 is 1.86 bits per heavy atom. The van der Waals surface area contributed by atoms with Crippen LogP contribution in [0.25, 0.3) is 10.6 Å². The number of non-ortho nitro benzene ring substituents is 1. The van der Waals surface area contributed by atoms with Gasteiger partial charge in [0.25, 0.3) is 11.6 Å². The van der Waals surface area contributed by atoms with E-state index in [4.69, 9.17) is 0 Å². The third kappa shape index (κ3) is 4.54. The van der Waals surface area contributed by atoms with Gasteiger partial charge in [-0.25, -0.2) is 0 Å². The summed E-state index contributed by atoms with van der Waals surface area (Å²) >= 11 is 1.21. The molecule has 9 nitrogen and oxygen atoms in total. The van der Waals surface area contributed by atoms with Gasteiger partial charge in [0, 0.05) is 23.3 Å². The van der Waals surface area contributed by atoms with E-state index >= 15 is 0 Å². The van der Waals surface area contributed by atoms with Gasteiger partial charge in [0.05, 0.1) is 4.92 Å². The van der Waals surface area contributed by atoms with Gasteiger partial charge < -0.3 is 5.32 Å². The second-order valence-corrected chi connectivity index (χ2v) is 6.75. The molecule has 0 aliphatic carbocycles. The number of nitro benzene ring substituents is 1. The molecule has 3 aromatic rings. The second kappa shape index (κ2) is 8.35. The van der Waals surface area contributed by atoms with Gasteiger partial charge in [-0.1, -0.05) is 47.7 Å². The van der Waals surface area contributed by atoms with E-state index in [0.717, 1.165) is 11.6 Å². The lowest BCUT2D eigenvalue weighted by Crippen LogP contribution is -2.41. The van der Waals surface area contributed by atoms with Crippen molar-refractivity contribution in [1.82, 2.24) is 15.5 Å². The Morgan fingerprint density at radius 3 is 2.57 bits per heavy atom. The Hall–Kier alpha value is -3.66. The molecule has 0 radical (unpaired) electrons. The number of nitrogens with zero attached hydrogens (tertiary/aromatic N) is 3. The topological polar surface area (TPSA) is 127 Å². The minimum Gasteiger partial charge on any atom is -0.341 e. The van der Waals surface area contributed by atoms with Crippen molar-refractivity contribution < 1.29 is 14.5 Å². The Bertz CT molecular complexity index is 1020.